The van der Waals surface area contributed by atoms with E-state index in [-0.39, 0.29) is 34.8 Å². The Morgan fingerprint density at radius 1 is 1.14 bits per heavy atom. The van der Waals surface area contributed by atoms with Crippen LogP contribution in [0.2, 0.25) is 0 Å². The first-order valence-corrected chi connectivity index (χ1v) is 11.4. The van der Waals surface area contributed by atoms with Crippen molar-refractivity contribution in [2.24, 2.45) is 4.40 Å². The Morgan fingerprint density at radius 3 is 2.41 bits per heavy atom. The molecule has 9 heteroatoms. The van der Waals surface area contributed by atoms with E-state index in [4.69, 9.17) is 0 Å². The van der Waals surface area contributed by atoms with Gasteiger partial charge in [0.15, 0.2) is 5.17 Å². The number of hydrogen-bond donors (Lipinski definition) is 1. The topological polar surface area (TPSA) is 95.9 Å². The van der Waals surface area contributed by atoms with Gasteiger partial charge in [-0.2, -0.15) is 8.42 Å². The number of carbonyl (C=O) groups excluding carboxylic acids is 2. The van der Waals surface area contributed by atoms with E-state index in [0.29, 0.717) is 5.69 Å². The van der Waals surface area contributed by atoms with Crippen LogP contribution < -0.4 is 5.32 Å². The molecule has 1 atom stereocenters. The van der Waals surface area contributed by atoms with Gasteiger partial charge in [-0.05, 0) is 38.1 Å². The first-order valence-electron chi connectivity index (χ1n) is 9.04. The Labute approximate surface area is 174 Å². The molecule has 2 aromatic carbocycles. The lowest BCUT2D eigenvalue weighted by Crippen LogP contribution is -2.33. The summed E-state index contributed by atoms with van der Waals surface area (Å²) in [5, 5.41) is 2.13. The number of benzene rings is 2. The van der Waals surface area contributed by atoms with Crippen LogP contribution in [-0.2, 0) is 19.6 Å². The van der Waals surface area contributed by atoms with Crippen LogP contribution in [0.5, 0.6) is 0 Å². The fraction of sp³-hybridized carbons (Fsp3) is 0.250. The van der Waals surface area contributed by atoms with Gasteiger partial charge in [-0.3, -0.25) is 14.5 Å². The van der Waals surface area contributed by atoms with Crippen molar-refractivity contribution in [3.63, 3.8) is 0 Å². The van der Waals surface area contributed by atoms with Crippen molar-refractivity contribution < 1.29 is 18.0 Å². The normalized spacial score (nSPS) is 18.3. The summed E-state index contributed by atoms with van der Waals surface area (Å²) >= 11 is 1.00. The molecule has 29 heavy (non-hydrogen) atoms. The number of amides is 2. The number of carbonyl (C=O) groups is 2. The minimum absolute atomic E-state index is 0.0529. The number of thioether (sulfide) groups is 1. The second-order valence-corrected chi connectivity index (χ2v) is 9.24. The average Bonchev–Trinajstić information content (AvgIpc) is 2.97. The van der Waals surface area contributed by atoms with Crippen LogP contribution in [-0.4, -0.2) is 42.1 Å². The maximum absolute atomic E-state index is 12.7. The molecule has 1 aliphatic heterocycles. The van der Waals surface area contributed by atoms with E-state index >= 15 is 0 Å². The summed E-state index contributed by atoms with van der Waals surface area (Å²) in [6, 6.07) is 15.1. The fourth-order valence-corrected chi connectivity index (χ4v) is 5.21. The van der Waals surface area contributed by atoms with E-state index in [0.717, 1.165) is 17.3 Å². The van der Waals surface area contributed by atoms with Gasteiger partial charge in [0.1, 0.15) is 5.25 Å². The molecule has 0 aromatic heterocycles. The van der Waals surface area contributed by atoms with E-state index in [1.165, 1.54) is 17.0 Å². The van der Waals surface area contributed by atoms with E-state index in [2.05, 4.69) is 9.71 Å². The average molecular weight is 432 g/mol. The SMILES string of the molecule is CCN1C(=O)[C@@H](CC(=O)Nc2ccc(C)cc2)SC1=NS(=O)(=O)c1ccccc1. The lowest BCUT2D eigenvalue weighted by Gasteiger charge is -2.13. The largest absolute Gasteiger partial charge is 0.326 e. The monoisotopic (exact) mass is 431 g/mol. The molecule has 0 aliphatic carbocycles. The Balaban J connectivity index is 1.74. The maximum Gasteiger partial charge on any atom is 0.284 e. The van der Waals surface area contributed by atoms with Gasteiger partial charge in [-0.25, -0.2) is 0 Å². The van der Waals surface area contributed by atoms with Crippen LogP contribution in [0, 0.1) is 6.92 Å². The molecule has 1 aliphatic rings. The smallest absolute Gasteiger partial charge is 0.284 e. The Hall–Kier alpha value is -2.65. The fourth-order valence-electron chi connectivity index (χ4n) is 2.77. The summed E-state index contributed by atoms with van der Waals surface area (Å²) in [5.74, 6) is -0.638. The van der Waals surface area contributed by atoms with Gasteiger partial charge in [0.25, 0.3) is 10.0 Å². The van der Waals surface area contributed by atoms with E-state index in [1.807, 2.05) is 19.1 Å². The Bertz CT molecular complexity index is 1040. The number of rotatable bonds is 6. The third-order valence-electron chi connectivity index (χ3n) is 4.28. The zero-order valence-corrected chi connectivity index (χ0v) is 17.7. The molecular weight excluding hydrogens is 410 g/mol. The molecule has 2 amide bonds. The van der Waals surface area contributed by atoms with Gasteiger partial charge in [0.2, 0.25) is 11.8 Å². The van der Waals surface area contributed by atoms with Crippen molar-refractivity contribution in [2.45, 2.75) is 30.4 Å². The summed E-state index contributed by atoms with van der Waals surface area (Å²) in [4.78, 5) is 26.4. The summed E-state index contributed by atoms with van der Waals surface area (Å²) in [6.07, 6.45) is -0.0711. The predicted molar refractivity (Wildman–Crippen MR) is 114 cm³/mol. The number of hydrogen-bond acceptors (Lipinski definition) is 5. The van der Waals surface area contributed by atoms with Crippen LogP contribution in [0.4, 0.5) is 5.69 Å². The molecule has 1 heterocycles. The number of anilines is 1. The number of sulfonamides is 1. The molecule has 1 saturated heterocycles. The highest BCUT2D eigenvalue weighted by atomic mass is 32.2. The highest BCUT2D eigenvalue weighted by Crippen LogP contribution is 2.31. The van der Waals surface area contributed by atoms with Crippen LogP contribution in [0.3, 0.4) is 0 Å². The number of amidine groups is 1. The highest BCUT2D eigenvalue weighted by Gasteiger charge is 2.39. The summed E-state index contributed by atoms with van der Waals surface area (Å²) in [7, 11) is -3.94. The third kappa shape index (κ3) is 5.04. The molecule has 1 N–H and O–H groups in total. The van der Waals surface area contributed by atoms with Crippen molar-refractivity contribution >= 4 is 44.5 Å². The van der Waals surface area contributed by atoms with Gasteiger partial charge in [0, 0.05) is 18.7 Å². The number of nitrogens with one attached hydrogen (secondary N) is 1. The summed E-state index contributed by atoms with van der Waals surface area (Å²) in [6.45, 7) is 3.95. The van der Waals surface area contributed by atoms with Crippen molar-refractivity contribution in [3.05, 3.63) is 60.2 Å². The molecule has 0 saturated carbocycles. The lowest BCUT2D eigenvalue weighted by atomic mass is 10.2. The zero-order valence-electron chi connectivity index (χ0n) is 16.0. The second-order valence-electron chi connectivity index (χ2n) is 6.47. The summed E-state index contributed by atoms with van der Waals surface area (Å²) < 4.78 is 28.9. The first kappa shape index (κ1) is 21.1. The van der Waals surface area contributed by atoms with Crippen molar-refractivity contribution in [2.75, 3.05) is 11.9 Å². The molecule has 1 fully saturated rings. The standard InChI is InChI=1S/C20H21N3O4S2/c1-3-23-19(25)17(13-18(24)21-15-11-9-14(2)10-12-15)28-20(23)22-29(26,27)16-7-5-4-6-8-16/h4-12,17H,3,13H2,1-2H3,(H,21,24)/t17-/m1/s1. The van der Waals surface area contributed by atoms with Crippen LogP contribution in [0.1, 0.15) is 18.9 Å². The second kappa shape index (κ2) is 8.79. The molecule has 0 spiro atoms. The first-order chi connectivity index (χ1) is 13.8. The third-order valence-corrected chi connectivity index (χ3v) is 6.85. The van der Waals surface area contributed by atoms with E-state index in [1.54, 1.807) is 37.3 Å². The number of aryl methyl sites for hydroxylation is 1. The Kier molecular flexibility index (Phi) is 6.39. The van der Waals surface area contributed by atoms with Gasteiger partial charge in [-0.15, -0.1) is 4.40 Å². The van der Waals surface area contributed by atoms with Crippen LogP contribution in [0.25, 0.3) is 0 Å². The van der Waals surface area contributed by atoms with Gasteiger partial charge < -0.3 is 5.32 Å². The molecule has 7 nitrogen and oxygen atoms in total. The molecular formula is C20H21N3O4S2. The minimum Gasteiger partial charge on any atom is -0.326 e. The molecule has 0 unspecified atom stereocenters. The van der Waals surface area contributed by atoms with Gasteiger partial charge in [-0.1, -0.05) is 47.7 Å². The molecule has 2 aromatic rings. The van der Waals surface area contributed by atoms with Crippen molar-refractivity contribution in [1.29, 1.82) is 0 Å². The van der Waals surface area contributed by atoms with Crippen LogP contribution >= 0.6 is 11.8 Å². The molecule has 0 radical (unpaired) electrons. The predicted octanol–water partition coefficient (Wildman–Crippen LogP) is 3.03. The quantitative estimate of drug-likeness (QED) is 0.758. The zero-order chi connectivity index (χ0) is 21.0. The van der Waals surface area contributed by atoms with Crippen molar-refractivity contribution in [1.82, 2.24) is 4.90 Å². The minimum atomic E-state index is -3.94. The van der Waals surface area contributed by atoms with Gasteiger partial charge >= 0.3 is 0 Å². The molecule has 0 bridgehead atoms. The van der Waals surface area contributed by atoms with Gasteiger partial charge in [0.05, 0.1) is 4.90 Å². The van der Waals surface area contributed by atoms with E-state index in [9.17, 15) is 18.0 Å². The Morgan fingerprint density at radius 2 is 1.79 bits per heavy atom. The van der Waals surface area contributed by atoms with Crippen molar-refractivity contribution in [3.8, 4) is 0 Å². The molecule has 152 valence electrons. The molecule has 3 rings (SSSR count). The summed E-state index contributed by atoms with van der Waals surface area (Å²) in [5.41, 5.74) is 1.72. The number of nitrogens with zero attached hydrogens (tertiary/aromatic N) is 2. The maximum atomic E-state index is 12.7. The van der Waals surface area contributed by atoms with Crippen LogP contribution in [0.15, 0.2) is 63.9 Å². The highest BCUT2D eigenvalue weighted by molar-refractivity contribution is 8.16. The lowest BCUT2D eigenvalue weighted by molar-refractivity contribution is -0.128. The van der Waals surface area contributed by atoms with E-state index < -0.39 is 15.3 Å².